The van der Waals surface area contributed by atoms with Gasteiger partial charge in [0.05, 0.1) is 5.56 Å². The molecule has 2 aromatic rings. The molecular formula is C15H19N3O. The maximum Gasteiger partial charge on any atom is 0.175 e. The lowest BCUT2D eigenvalue weighted by Gasteiger charge is -2.07. The second kappa shape index (κ2) is 5.43. The van der Waals surface area contributed by atoms with E-state index in [1.165, 1.54) is 32.1 Å². The van der Waals surface area contributed by atoms with Gasteiger partial charge in [-0.05, 0) is 30.0 Å². The summed E-state index contributed by atoms with van der Waals surface area (Å²) in [6, 6.07) is 3.89. The monoisotopic (exact) mass is 257 g/mol. The van der Waals surface area contributed by atoms with Crippen molar-refractivity contribution in [3.63, 3.8) is 0 Å². The van der Waals surface area contributed by atoms with E-state index in [1.807, 2.05) is 12.1 Å². The summed E-state index contributed by atoms with van der Waals surface area (Å²) in [5.41, 5.74) is 7.91. The maximum absolute atomic E-state index is 5.93. The van der Waals surface area contributed by atoms with E-state index in [2.05, 4.69) is 10.1 Å². The molecule has 1 aliphatic rings. The zero-order chi connectivity index (χ0) is 13.1. The van der Waals surface area contributed by atoms with E-state index < -0.39 is 0 Å². The zero-order valence-electron chi connectivity index (χ0n) is 11.0. The quantitative estimate of drug-likeness (QED) is 0.911. The minimum Gasteiger partial charge on any atom is -0.380 e. The van der Waals surface area contributed by atoms with Gasteiger partial charge in [0, 0.05) is 18.8 Å². The number of aromatic nitrogens is 2. The van der Waals surface area contributed by atoms with E-state index in [-0.39, 0.29) is 0 Å². The van der Waals surface area contributed by atoms with Crippen LogP contribution in [0.2, 0.25) is 0 Å². The number of hydrogen-bond donors (Lipinski definition) is 1. The van der Waals surface area contributed by atoms with Crippen LogP contribution in [0.15, 0.2) is 29.0 Å². The van der Waals surface area contributed by atoms with Crippen molar-refractivity contribution in [3.05, 3.63) is 30.3 Å². The minimum absolute atomic E-state index is 0.479. The Kier molecular flexibility index (Phi) is 3.49. The highest BCUT2D eigenvalue weighted by atomic mass is 16.5. The number of anilines is 1. The molecular weight excluding hydrogens is 238 g/mol. The molecule has 0 saturated heterocycles. The van der Waals surface area contributed by atoms with Gasteiger partial charge in [0.1, 0.15) is 5.76 Å². The van der Waals surface area contributed by atoms with Crippen molar-refractivity contribution in [1.82, 2.24) is 10.1 Å². The van der Waals surface area contributed by atoms with Gasteiger partial charge in [-0.1, -0.05) is 30.8 Å². The molecule has 0 spiro atoms. The second-order valence-electron chi connectivity index (χ2n) is 5.29. The van der Waals surface area contributed by atoms with Gasteiger partial charge in [0.15, 0.2) is 5.82 Å². The van der Waals surface area contributed by atoms with Crippen molar-refractivity contribution >= 4 is 5.82 Å². The molecule has 100 valence electrons. The van der Waals surface area contributed by atoms with E-state index in [9.17, 15) is 0 Å². The molecule has 0 amide bonds. The number of hydrogen-bond acceptors (Lipinski definition) is 4. The molecule has 0 bridgehead atoms. The van der Waals surface area contributed by atoms with Gasteiger partial charge in [-0.15, -0.1) is 0 Å². The molecule has 1 saturated carbocycles. The Morgan fingerprint density at radius 2 is 1.95 bits per heavy atom. The first-order valence-electron chi connectivity index (χ1n) is 6.99. The minimum atomic E-state index is 0.479. The van der Waals surface area contributed by atoms with Crippen LogP contribution in [0, 0.1) is 5.92 Å². The SMILES string of the molecule is Nc1noc(CCC2CCCC2)c1-c1ccncc1. The number of pyridine rings is 1. The number of rotatable bonds is 4. The molecule has 1 fully saturated rings. The molecule has 0 atom stereocenters. The molecule has 2 N–H and O–H groups in total. The highest BCUT2D eigenvalue weighted by molar-refractivity contribution is 5.75. The summed E-state index contributed by atoms with van der Waals surface area (Å²) in [6.07, 6.45) is 11.1. The fourth-order valence-corrected chi connectivity index (χ4v) is 2.97. The van der Waals surface area contributed by atoms with Crippen LogP contribution in [-0.4, -0.2) is 10.1 Å². The lowest BCUT2D eigenvalue weighted by Crippen LogP contribution is -1.97. The normalized spacial score (nSPS) is 16.0. The third-order valence-corrected chi connectivity index (χ3v) is 4.01. The molecule has 0 aliphatic heterocycles. The fraction of sp³-hybridized carbons (Fsp3) is 0.467. The smallest absolute Gasteiger partial charge is 0.175 e. The van der Waals surface area contributed by atoms with Gasteiger partial charge in [0.2, 0.25) is 0 Å². The average molecular weight is 257 g/mol. The van der Waals surface area contributed by atoms with E-state index in [1.54, 1.807) is 12.4 Å². The summed E-state index contributed by atoms with van der Waals surface area (Å²) < 4.78 is 5.41. The first-order chi connectivity index (χ1) is 9.34. The predicted octanol–water partition coefficient (Wildman–Crippen LogP) is 3.44. The van der Waals surface area contributed by atoms with Crippen LogP contribution < -0.4 is 5.73 Å². The molecule has 0 aromatic carbocycles. The first kappa shape index (κ1) is 12.2. The summed E-state index contributed by atoms with van der Waals surface area (Å²) in [4.78, 5) is 4.03. The van der Waals surface area contributed by atoms with E-state index in [0.29, 0.717) is 5.82 Å². The molecule has 4 heteroatoms. The summed E-state index contributed by atoms with van der Waals surface area (Å²) >= 11 is 0. The summed E-state index contributed by atoms with van der Waals surface area (Å²) in [5, 5.41) is 3.92. The number of aryl methyl sites for hydroxylation is 1. The van der Waals surface area contributed by atoms with Gasteiger partial charge in [-0.25, -0.2) is 0 Å². The molecule has 2 heterocycles. The van der Waals surface area contributed by atoms with Gasteiger partial charge in [-0.3, -0.25) is 4.98 Å². The molecule has 4 nitrogen and oxygen atoms in total. The molecule has 19 heavy (non-hydrogen) atoms. The zero-order valence-corrected chi connectivity index (χ0v) is 11.0. The Labute approximate surface area is 113 Å². The average Bonchev–Trinajstić information content (AvgIpc) is 3.07. The Bertz CT molecular complexity index is 530. The molecule has 3 rings (SSSR count). The Morgan fingerprint density at radius 3 is 2.68 bits per heavy atom. The number of nitrogen functional groups attached to an aromatic ring is 1. The van der Waals surface area contributed by atoms with Crippen LogP contribution in [0.4, 0.5) is 5.82 Å². The van der Waals surface area contributed by atoms with E-state index in [0.717, 1.165) is 29.2 Å². The van der Waals surface area contributed by atoms with Crippen LogP contribution in [0.3, 0.4) is 0 Å². The Balaban J connectivity index is 1.78. The third-order valence-electron chi connectivity index (χ3n) is 4.01. The van der Waals surface area contributed by atoms with Crippen molar-refractivity contribution in [2.75, 3.05) is 5.73 Å². The van der Waals surface area contributed by atoms with Gasteiger partial charge in [-0.2, -0.15) is 0 Å². The van der Waals surface area contributed by atoms with Crippen LogP contribution >= 0.6 is 0 Å². The van der Waals surface area contributed by atoms with Gasteiger partial charge >= 0.3 is 0 Å². The number of nitrogens with two attached hydrogens (primary N) is 1. The van der Waals surface area contributed by atoms with Gasteiger partial charge < -0.3 is 10.3 Å². The van der Waals surface area contributed by atoms with Crippen molar-refractivity contribution in [2.24, 2.45) is 5.92 Å². The fourth-order valence-electron chi connectivity index (χ4n) is 2.97. The topological polar surface area (TPSA) is 64.9 Å². The maximum atomic E-state index is 5.93. The van der Waals surface area contributed by atoms with Crippen LogP contribution in [0.1, 0.15) is 37.9 Å². The summed E-state index contributed by atoms with van der Waals surface area (Å²) in [6.45, 7) is 0. The summed E-state index contributed by atoms with van der Waals surface area (Å²) in [7, 11) is 0. The molecule has 1 aliphatic carbocycles. The van der Waals surface area contributed by atoms with Crippen molar-refractivity contribution in [2.45, 2.75) is 38.5 Å². The van der Waals surface area contributed by atoms with Crippen LogP contribution in [0.25, 0.3) is 11.1 Å². The standard InChI is InChI=1S/C15H19N3O/c16-15-14(12-7-9-17-10-8-12)13(19-18-15)6-5-11-3-1-2-4-11/h7-11H,1-6H2,(H2,16,18). The molecule has 0 unspecified atom stereocenters. The van der Waals surface area contributed by atoms with Crippen molar-refractivity contribution < 1.29 is 4.52 Å². The van der Waals surface area contributed by atoms with Crippen LogP contribution in [0.5, 0.6) is 0 Å². The summed E-state index contributed by atoms with van der Waals surface area (Å²) in [5.74, 6) is 2.24. The molecule has 2 aromatic heterocycles. The highest BCUT2D eigenvalue weighted by Crippen LogP contribution is 2.33. The largest absolute Gasteiger partial charge is 0.380 e. The van der Waals surface area contributed by atoms with Crippen LogP contribution in [-0.2, 0) is 6.42 Å². The van der Waals surface area contributed by atoms with E-state index in [4.69, 9.17) is 10.3 Å². The lowest BCUT2D eigenvalue weighted by atomic mass is 9.98. The van der Waals surface area contributed by atoms with E-state index >= 15 is 0 Å². The lowest BCUT2D eigenvalue weighted by molar-refractivity contribution is 0.370. The predicted molar refractivity (Wildman–Crippen MR) is 74.4 cm³/mol. The van der Waals surface area contributed by atoms with Crippen molar-refractivity contribution in [1.29, 1.82) is 0 Å². The second-order valence-corrected chi connectivity index (χ2v) is 5.29. The first-order valence-corrected chi connectivity index (χ1v) is 6.99. The highest BCUT2D eigenvalue weighted by Gasteiger charge is 2.19. The number of nitrogens with zero attached hydrogens (tertiary/aromatic N) is 2. The Hall–Kier alpha value is -1.84. The Morgan fingerprint density at radius 1 is 1.21 bits per heavy atom. The van der Waals surface area contributed by atoms with Crippen molar-refractivity contribution in [3.8, 4) is 11.1 Å². The third kappa shape index (κ3) is 2.62. The van der Waals surface area contributed by atoms with Gasteiger partial charge in [0.25, 0.3) is 0 Å². The molecule has 0 radical (unpaired) electrons.